The molecule has 0 radical (unpaired) electrons. The van der Waals surface area contributed by atoms with Gasteiger partial charge in [-0.05, 0) is 48.9 Å². The van der Waals surface area contributed by atoms with Crippen LogP contribution in [-0.4, -0.2) is 34.8 Å². The molecule has 0 saturated heterocycles. The number of carbonyl (C=O) groups is 2. The van der Waals surface area contributed by atoms with Crippen LogP contribution in [0.3, 0.4) is 0 Å². The number of nitrogens with zero attached hydrogens (tertiary/aromatic N) is 2. The van der Waals surface area contributed by atoms with Crippen molar-refractivity contribution in [3.63, 3.8) is 0 Å². The van der Waals surface area contributed by atoms with E-state index in [2.05, 4.69) is 11.9 Å². The molecule has 0 saturated carbocycles. The Morgan fingerprint density at radius 2 is 1.76 bits per heavy atom. The Kier molecular flexibility index (Phi) is 5.73. The zero-order valence-electron chi connectivity index (χ0n) is 15.8. The molecule has 0 unspecified atom stereocenters. The summed E-state index contributed by atoms with van der Waals surface area (Å²) in [5.74, 6) is -0.293. The van der Waals surface area contributed by atoms with Crippen LogP contribution in [0.25, 0.3) is 5.57 Å². The molecule has 0 spiro atoms. The van der Waals surface area contributed by atoms with Crippen LogP contribution in [0.4, 0.5) is 11.4 Å². The van der Waals surface area contributed by atoms with Crippen LogP contribution in [0.1, 0.15) is 12.5 Å². The summed E-state index contributed by atoms with van der Waals surface area (Å²) < 4.78 is 5.40. The Morgan fingerprint density at radius 3 is 2.31 bits per heavy atom. The molecule has 29 heavy (non-hydrogen) atoms. The van der Waals surface area contributed by atoms with Crippen molar-refractivity contribution in [3.05, 3.63) is 82.6 Å². The summed E-state index contributed by atoms with van der Waals surface area (Å²) in [5, 5.41) is 13.9. The highest BCUT2D eigenvalue weighted by Gasteiger charge is 2.38. The molecule has 1 N–H and O–H groups in total. The Balaban J connectivity index is 2.00. The number of rotatable bonds is 8. The summed E-state index contributed by atoms with van der Waals surface area (Å²) in [6.07, 6.45) is 1.46. The molecule has 1 heterocycles. The smallest absolute Gasteiger partial charge is 0.278 e. The lowest BCUT2D eigenvalue weighted by atomic mass is 10.0. The van der Waals surface area contributed by atoms with E-state index < -0.39 is 16.7 Å². The Labute approximate surface area is 167 Å². The van der Waals surface area contributed by atoms with Crippen LogP contribution in [-0.2, 0) is 9.59 Å². The summed E-state index contributed by atoms with van der Waals surface area (Å²) in [6.45, 7) is 6.06. The van der Waals surface area contributed by atoms with Gasteiger partial charge in [0.25, 0.3) is 17.5 Å². The first-order valence-electron chi connectivity index (χ1n) is 8.92. The fraction of sp³-hybridized carbons (Fsp3) is 0.143. The van der Waals surface area contributed by atoms with Gasteiger partial charge in [-0.25, -0.2) is 0 Å². The van der Waals surface area contributed by atoms with Crippen molar-refractivity contribution >= 4 is 28.8 Å². The predicted octanol–water partition coefficient (Wildman–Crippen LogP) is 3.37. The molecule has 8 heteroatoms. The first-order chi connectivity index (χ1) is 14.0. The van der Waals surface area contributed by atoms with E-state index in [1.165, 1.54) is 30.3 Å². The van der Waals surface area contributed by atoms with E-state index in [1.54, 1.807) is 24.3 Å². The minimum atomic E-state index is -0.525. The summed E-state index contributed by atoms with van der Waals surface area (Å²) in [4.78, 5) is 37.2. The number of nitro groups is 1. The third-order valence-electron chi connectivity index (χ3n) is 4.28. The van der Waals surface area contributed by atoms with Crippen molar-refractivity contribution < 1.29 is 19.2 Å². The van der Waals surface area contributed by atoms with E-state index in [9.17, 15) is 19.7 Å². The summed E-state index contributed by atoms with van der Waals surface area (Å²) in [7, 11) is 0. The van der Waals surface area contributed by atoms with E-state index in [0.29, 0.717) is 23.6 Å². The highest BCUT2D eigenvalue weighted by atomic mass is 16.6. The van der Waals surface area contributed by atoms with Crippen LogP contribution in [0.2, 0.25) is 0 Å². The van der Waals surface area contributed by atoms with E-state index in [4.69, 9.17) is 4.74 Å². The normalized spacial score (nSPS) is 13.6. The molecule has 148 valence electrons. The van der Waals surface area contributed by atoms with Gasteiger partial charge < -0.3 is 10.1 Å². The second kappa shape index (κ2) is 8.39. The third kappa shape index (κ3) is 4.01. The van der Waals surface area contributed by atoms with E-state index >= 15 is 0 Å². The molecule has 8 nitrogen and oxygen atoms in total. The summed E-state index contributed by atoms with van der Waals surface area (Å²) in [6, 6.07) is 12.5. The van der Waals surface area contributed by atoms with Crippen molar-refractivity contribution in [2.75, 3.05) is 18.5 Å². The minimum Gasteiger partial charge on any atom is -0.494 e. The molecule has 2 aromatic carbocycles. The number of nitrogens with one attached hydrogen (secondary N) is 1. The largest absolute Gasteiger partial charge is 0.494 e. The van der Waals surface area contributed by atoms with Crippen LogP contribution < -0.4 is 10.1 Å². The Hall–Kier alpha value is -3.94. The quantitative estimate of drug-likeness (QED) is 0.319. The maximum absolute atomic E-state index is 12.9. The fourth-order valence-electron chi connectivity index (χ4n) is 2.95. The number of amides is 2. The lowest BCUT2D eigenvalue weighted by molar-refractivity contribution is -0.384. The second-order valence-corrected chi connectivity index (χ2v) is 6.15. The zero-order valence-corrected chi connectivity index (χ0v) is 15.8. The number of nitro benzene ring substituents is 1. The first kappa shape index (κ1) is 19.8. The van der Waals surface area contributed by atoms with E-state index in [0.717, 1.165) is 4.90 Å². The van der Waals surface area contributed by atoms with Crippen molar-refractivity contribution in [3.8, 4) is 5.75 Å². The van der Waals surface area contributed by atoms with Crippen LogP contribution in [0.15, 0.2) is 66.9 Å². The average molecular weight is 393 g/mol. The molecule has 1 aliphatic heterocycles. The number of ether oxygens (including phenoxy) is 1. The molecule has 2 amide bonds. The van der Waals surface area contributed by atoms with Gasteiger partial charge in [0.2, 0.25) is 0 Å². The Bertz CT molecular complexity index is 994. The minimum absolute atomic E-state index is 0.0581. The van der Waals surface area contributed by atoms with E-state index in [-0.39, 0.29) is 23.5 Å². The van der Waals surface area contributed by atoms with Gasteiger partial charge in [-0.1, -0.05) is 6.08 Å². The number of hydrogen-bond donors (Lipinski definition) is 1. The van der Waals surface area contributed by atoms with Gasteiger partial charge in [0.1, 0.15) is 11.4 Å². The van der Waals surface area contributed by atoms with Crippen LogP contribution in [0, 0.1) is 10.1 Å². The van der Waals surface area contributed by atoms with Crippen LogP contribution in [0.5, 0.6) is 5.75 Å². The molecular formula is C21H19N3O5. The van der Waals surface area contributed by atoms with Gasteiger partial charge >= 0.3 is 0 Å². The number of anilines is 1. The van der Waals surface area contributed by atoms with Gasteiger partial charge in [-0.2, -0.15) is 0 Å². The topological polar surface area (TPSA) is 102 Å². The van der Waals surface area contributed by atoms with E-state index in [1.807, 2.05) is 6.92 Å². The number of hydrogen-bond acceptors (Lipinski definition) is 6. The predicted molar refractivity (Wildman–Crippen MR) is 108 cm³/mol. The van der Waals surface area contributed by atoms with Crippen molar-refractivity contribution in [2.45, 2.75) is 6.92 Å². The molecule has 2 aromatic rings. The number of carbonyl (C=O) groups excluding carboxylic acids is 2. The summed E-state index contributed by atoms with van der Waals surface area (Å²) in [5.41, 5.74) is 1.17. The van der Waals surface area contributed by atoms with Crippen molar-refractivity contribution in [1.82, 2.24) is 4.90 Å². The molecular weight excluding hydrogens is 374 g/mol. The van der Waals surface area contributed by atoms with Crippen LogP contribution >= 0.6 is 0 Å². The van der Waals surface area contributed by atoms with Gasteiger partial charge in [-0.3, -0.25) is 24.6 Å². The zero-order chi connectivity index (χ0) is 21.0. The SMILES string of the molecule is C=CCN1C(=O)C(Nc2ccc(OCC)cc2)=C(c2ccc([N+](=O)[O-])cc2)C1=O. The molecule has 0 aromatic heterocycles. The maximum atomic E-state index is 12.9. The number of non-ortho nitro benzene ring substituents is 1. The van der Waals surface area contributed by atoms with Crippen molar-refractivity contribution in [2.24, 2.45) is 0 Å². The lowest BCUT2D eigenvalue weighted by Gasteiger charge is -2.12. The highest BCUT2D eigenvalue weighted by Crippen LogP contribution is 2.31. The molecule has 1 aliphatic rings. The molecule has 0 aliphatic carbocycles. The number of imide groups is 1. The fourth-order valence-corrected chi connectivity index (χ4v) is 2.95. The molecule has 0 bridgehead atoms. The summed E-state index contributed by atoms with van der Waals surface area (Å²) >= 11 is 0. The Morgan fingerprint density at radius 1 is 1.10 bits per heavy atom. The lowest BCUT2D eigenvalue weighted by Crippen LogP contribution is -2.32. The standard InChI is InChI=1S/C21H19N3O5/c1-3-13-23-20(25)18(14-5-9-16(10-6-14)24(27)28)19(21(23)26)22-15-7-11-17(12-8-15)29-4-2/h3,5-12,22H,1,4,13H2,2H3. The van der Waals surface area contributed by atoms with Gasteiger partial charge in [0.15, 0.2) is 0 Å². The van der Waals surface area contributed by atoms with Gasteiger partial charge in [-0.15, -0.1) is 6.58 Å². The molecule has 3 rings (SSSR count). The first-order valence-corrected chi connectivity index (χ1v) is 8.92. The third-order valence-corrected chi connectivity index (χ3v) is 4.28. The average Bonchev–Trinajstić information content (AvgIpc) is 2.94. The highest BCUT2D eigenvalue weighted by molar-refractivity contribution is 6.36. The number of benzene rings is 2. The van der Waals surface area contributed by atoms with Gasteiger partial charge in [0, 0.05) is 24.4 Å². The van der Waals surface area contributed by atoms with Crippen molar-refractivity contribution in [1.29, 1.82) is 0 Å². The molecule has 0 atom stereocenters. The van der Waals surface area contributed by atoms with Gasteiger partial charge in [0.05, 0.1) is 17.1 Å². The maximum Gasteiger partial charge on any atom is 0.278 e. The monoisotopic (exact) mass is 393 g/mol. The molecule has 0 fully saturated rings. The second-order valence-electron chi connectivity index (χ2n) is 6.15.